The summed E-state index contributed by atoms with van der Waals surface area (Å²) in [5.74, 6) is 0.327. The maximum absolute atomic E-state index is 14.2. The van der Waals surface area contributed by atoms with E-state index in [4.69, 9.17) is 42.7 Å². The molecule has 0 bridgehead atoms. The van der Waals surface area contributed by atoms with Crippen LogP contribution < -0.4 is 24.4 Å². The molecule has 0 N–H and O–H groups in total. The average Bonchev–Trinajstić information content (AvgIpc) is 3.30. The number of nitriles is 1. The number of rotatable bonds is 9. The van der Waals surface area contributed by atoms with E-state index in [1.54, 1.807) is 56.3 Å². The molecule has 8 nitrogen and oxygen atoms in total. The molecule has 11 heteroatoms. The van der Waals surface area contributed by atoms with Crippen LogP contribution in [0.2, 0.25) is 10.0 Å². The van der Waals surface area contributed by atoms with E-state index in [1.165, 1.54) is 15.9 Å². The summed E-state index contributed by atoms with van der Waals surface area (Å²) in [6.45, 7) is 7.61. The van der Waals surface area contributed by atoms with E-state index in [0.717, 1.165) is 5.56 Å². The molecule has 2 heterocycles. The smallest absolute Gasteiger partial charge is 0.338 e. The Morgan fingerprint density at radius 1 is 1.16 bits per heavy atom. The lowest BCUT2D eigenvalue weighted by Gasteiger charge is -2.26. The van der Waals surface area contributed by atoms with E-state index in [1.807, 2.05) is 38.1 Å². The molecule has 0 saturated heterocycles. The van der Waals surface area contributed by atoms with Gasteiger partial charge in [-0.05, 0) is 69.7 Å². The zero-order valence-corrected chi connectivity index (χ0v) is 27.3. The summed E-state index contributed by atoms with van der Waals surface area (Å²) in [7, 11) is 0. The van der Waals surface area contributed by atoms with Gasteiger partial charge in [0, 0.05) is 16.1 Å². The Bertz CT molecular complexity index is 2020. The Kier molecular flexibility index (Phi) is 9.78. The van der Waals surface area contributed by atoms with Crippen LogP contribution in [0.4, 0.5) is 0 Å². The number of ether oxygens (including phenoxy) is 3. The summed E-state index contributed by atoms with van der Waals surface area (Å²) >= 11 is 14.1. The van der Waals surface area contributed by atoms with Gasteiger partial charge in [-0.1, -0.05) is 64.9 Å². The van der Waals surface area contributed by atoms with E-state index in [-0.39, 0.29) is 35.5 Å². The van der Waals surface area contributed by atoms with E-state index >= 15 is 0 Å². The number of hydrogen-bond donors (Lipinski definition) is 0. The van der Waals surface area contributed by atoms with Crippen molar-refractivity contribution in [3.05, 3.63) is 124 Å². The minimum atomic E-state index is -0.840. The summed E-state index contributed by atoms with van der Waals surface area (Å²) in [4.78, 5) is 32.6. The summed E-state index contributed by atoms with van der Waals surface area (Å²) in [6, 6.07) is 18.8. The van der Waals surface area contributed by atoms with Gasteiger partial charge in [-0.3, -0.25) is 9.36 Å². The number of para-hydroxylation sites is 1. The Labute approximate surface area is 274 Å². The molecule has 0 radical (unpaired) electrons. The van der Waals surface area contributed by atoms with Crippen LogP contribution in [0.3, 0.4) is 0 Å². The zero-order valence-electron chi connectivity index (χ0n) is 25.0. The lowest BCUT2D eigenvalue weighted by molar-refractivity contribution is -0.139. The molecule has 0 spiro atoms. The van der Waals surface area contributed by atoms with Gasteiger partial charge in [-0.2, -0.15) is 5.26 Å². The Morgan fingerprint density at radius 3 is 2.58 bits per heavy atom. The third kappa shape index (κ3) is 6.84. The number of nitrogens with zero attached hydrogens (tertiary/aromatic N) is 3. The van der Waals surface area contributed by atoms with Crippen molar-refractivity contribution in [3.63, 3.8) is 0 Å². The number of allylic oxidation sites excluding steroid dienone is 1. The number of fused-ring (bicyclic) bond motifs is 1. The SMILES string of the molecule is CCOC(=O)C1=C(C)N=c2s/c(=C\c3cc(Cl)cc(Cl)c3OCc3ccc(C#N)cc3)c(=O)n2[C@@H]1c1ccccc1OC(C)C. The monoisotopic (exact) mass is 661 g/mol. The molecule has 0 fully saturated rings. The highest BCUT2D eigenvalue weighted by Crippen LogP contribution is 2.37. The molecular weight excluding hydrogens is 633 g/mol. The zero-order chi connectivity index (χ0) is 32.2. The van der Waals surface area contributed by atoms with E-state index in [2.05, 4.69) is 11.1 Å². The van der Waals surface area contributed by atoms with Crippen LogP contribution in [0.5, 0.6) is 11.5 Å². The second-order valence-electron chi connectivity index (χ2n) is 10.4. The van der Waals surface area contributed by atoms with Gasteiger partial charge in [-0.15, -0.1) is 0 Å². The van der Waals surface area contributed by atoms with Crippen LogP contribution in [0.25, 0.3) is 6.08 Å². The van der Waals surface area contributed by atoms with Gasteiger partial charge in [-0.25, -0.2) is 9.79 Å². The van der Waals surface area contributed by atoms with Crippen LogP contribution in [-0.2, 0) is 16.1 Å². The molecular formula is C34H29Cl2N3O5S. The lowest BCUT2D eigenvalue weighted by Crippen LogP contribution is -2.40. The maximum atomic E-state index is 14.2. The van der Waals surface area contributed by atoms with Gasteiger partial charge >= 0.3 is 5.97 Å². The third-order valence-electron chi connectivity index (χ3n) is 6.88. The molecule has 45 heavy (non-hydrogen) atoms. The molecule has 0 unspecified atom stereocenters. The fourth-order valence-corrected chi connectivity index (χ4v) is 6.57. The van der Waals surface area contributed by atoms with Gasteiger partial charge in [0.05, 0.1) is 45.2 Å². The second-order valence-corrected chi connectivity index (χ2v) is 12.3. The molecule has 3 aromatic carbocycles. The first-order valence-electron chi connectivity index (χ1n) is 14.2. The summed E-state index contributed by atoms with van der Waals surface area (Å²) < 4.78 is 19.5. The first-order valence-corrected chi connectivity index (χ1v) is 15.7. The predicted octanol–water partition coefficient (Wildman–Crippen LogP) is 6.34. The van der Waals surface area contributed by atoms with Gasteiger partial charge in [0.2, 0.25) is 0 Å². The normalized spacial score (nSPS) is 14.5. The second kappa shape index (κ2) is 13.7. The molecule has 1 aromatic heterocycles. The number of benzene rings is 3. The van der Waals surface area contributed by atoms with Crippen molar-refractivity contribution in [2.24, 2.45) is 4.99 Å². The number of aromatic nitrogens is 1. The van der Waals surface area contributed by atoms with Crippen molar-refractivity contribution in [2.75, 3.05) is 6.61 Å². The van der Waals surface area contributed by atoms with Crippen LogP contribution in [0, 0.1) is 11.3 Å². The highest BCUT2D eigenvalue weighted by molar-refractivity contribution is 7.07. The van der Waals surface area contributed by atoms with Crippen LogP contribution in [0.1, 0.15) is 56.0 Å². The van der Waals surface area contributed by atoms with Gasteiger partial charge in [0.25, 0.3) is 5.56 Å². The van der Waals surface area contributed by atoms with E-state index in [9.17, 15) is 9.59 Å². The fourth-order valence-electron chi connectivity index (χ4n) is 4.97. The standard InChI is InChI=1S/C34H29Cl2N3O5S/c1-5-42-33(41)29-20(4)38-34-39(30(29)25-8-6-7-9-27(25)44-19(2)3)32(40)28(45-34)15-23-14-24(35)16-26(36)31(23)43-18-22-12-10-21(17-37)11-13-22/h6-16,19,30H,5,18H2,1-4H3/b28-15-/t30-/m1/s1. The third-order valence-corrected chi connectivity index (χ3v) is 8.37. The largest absolute Gasteiger partial charge is 0.491 e. The lowest BCUT2D eigenvalue weighted by atomic mass is 9.95. The topological polar surface area (TPSA) is 103 Å². The first kappa shape index (κ1) is 32.0. The summed E-state index contributed by atoms with van der Waals surface area (Å²) in [6.07, 6.45) is 1.51. The van der Waals surface area contributed by atoms with E-state index < -0.39 is 12.0 Å². The minimum absolute atomic E-state index is 0.145. The quantitative estimate of drug-likeness (QED) is 0.194. The van der Waals surface area contributed by atoms with E-state index in [0.29, 0.717) is 48.2 Å². The Hall–Kier alpha value is -4.36. The van der Waals surface area contributed by atoms with Gasteiger partial charge in [0.15, 0.2) is 4.80 Å². The number of hydrogen-bond acceptors (Lipinski definition) is 8. The fraction of sp³-hybridized carbons (Fsp3) is 0.235. The number of carbonyl (C=O) groups is 1. The molecule has 230 valence electrons. The number of carbonyl (C=O) groups excluding carboxylic acids is 1. The van der Waals surface area contributed by atoms with Crippen molar-refractivity contribution in [1.29, 1.82) is 5.26 Å². The molecule has 1 atom stereocenters. The highest BCUT2D eigenvalue weighted by Gasteiger charge is 2.35. The first-order chi connectivity index (χ1) is 21.6. The molecule has 5 rings (SSSR count). The van der Waals surface area contributed by atoms with Crippen molar-refractivity contribution in [2.45, 2.75) is 46.4 Å². The van der Waals surface area contributed by atoms with Gasteiger partial charge < -0.3 is 14.2 Å². The van der Waals surface area contributed by atoms with Gasteiger partial charge in [0.1, 0.15) is 24.1 Å². The molecule has 0 aliphatic carbocycles. The summed E-state index contributed by atoms with van der Waals surface area (Å²) in [5, 5.41) is 9.72. The molecule has 1 aliphatic heterocycles. The summed E-state index contributed by atoms with van der Waals surface area (Å²) in [5.41, 5.74) is 2.83. The average molecular weight is 663 g/mol. The molecule has 0 amide bonds. The van der Waals surface area contributed by atoms with Crippen LogP contribution in [-0.4, -0.2) is 23.2 Å². The molecule has 0 saturated carbocycles. The molecule has 4 aromatic rings. The number of thiazole rings is 1. The predicted molar refractivity (Wildman–Crippen MR) is 175 cm³/mol. The van der Waals surface area contributed by atoms with Crippen molar-refractivity contribution in [1.82, 2.24) is 4.57 Å². The van der Waals surface area contributed by atoms with Crippen LogP contribution >= 0.6 is 34.5 Å². The van der Waals surface area contributed by atoms with Crippen molar-refractivity contribution >= 4 is 46.6 Å². The van der Waals surface area contributed by atoms with Crippen molar-refractivity contribution in [3.8, 4) is 17.6 Å². The molecule has 1 aliphatic rings. The minimum Gasteiger partial charge on any atom is -0.491 e. The van der Waals surface area contributed by atoms with Crippen molar-refractivity contribution < 1.29 is 19.0 Å². The van der Waals surface area contributed by atoms with Crippen LogP contribution in [0.15, 0.2) is 81.7 Å². The highest BCUT2D eigenvalue weighted by atomic mass is 35.5. The Balaban J connectivity index is 1.66. The maximum Gasteiger partial charge on any atom is 0.338 e. The Morgan fingerprint density at radius 2 is 1.89 bits per heavy atom. The number of halogens is 2. The number of esters is 1.